The topological polar surface area (TPSA) is 17.1 Å². The van der Waals surface area contributed by atoms with Gasteiger partial charge in [-0.3, -0.25) is 4.79 Å². The number of Topliss-reactive ketones (excluding diaryl/α,β-unsaturated/α-hetero) is 1. The Morgan fingerprint density at radius 3 is 2.86 bits per heavy atom. The zero-order valence-corrected chi connectivity index (χ0v) is 9.09. The molecule has 1 rings (SSSR count). The highest BCUT2D eigenvalue weighted by molar-refractivity contribution is 5.78. The van der Waals surface area contributed by atoms with Gasteiger partial charge in [-0.2, -0.15) is 0 Å². The Bertz CT molecular complexity index is 236. The van der Waals surface area contributed by atoms with Crippen LogP contribution in [0.2, 0.25) is 0 Å². The van der Waals surface area contributed by atoms with E-state index in [1.165, 1.54) is 5.57 Å². The average Bonchev–Trinajstić information content (AvgIpc) is 2.25. The van der Waals surface area contributed by atoms with Crippen LogP contribution in [0.15, 0.2) is 23.8 Å². The standard InChI is InChI=1S/C13H20O/c1-2-3-9-13(14)11-10-12-7-5-4-6-8-12/h5,7-8H,2-4,6,9-11H2,1H3. The first-order valence-electron chi connectivity index (χ1n) is 5.70. The van der Waals surface area contributed by atoms with Gasteiger partial charge >= 0.3 is 0 Å². The van der Waals surface area contributed by atoms with Crippen molar-refractivity contribution in [1.29, 1.82) is 0 Å². The van der Waals surface area contributed by atoms with Crippen molar-refractivity contribution >= 4 is 5.78 Å². The van der Waals surface area contributed by atoms with E-state index in [2.05, 4.69) is 25.2 Å². The van der Waals surface area contributed by atoms with Crippen molar-refractivity contribution < 1.29 is 4.79 Å². The van der Waals surface area contributed by atoms with E-state index in [4.69, 9.17) is 0 Å². The maximum absolute atomic E-state index is 11.4. The molecule has 0 radical (unpaired) electrons. The highest BCUT2D eigenvalue weighted by Crippen LogP contribution is 2.15. The third-order valence-electron chi connectivity index (χ3n) is 2.57. The smallest absolute Gasteiger partial charge is 0.133 e. The summed E-state index contributed by atoms with van der Waals surface area (Å²) in [7, 11) is 0. The fourth-order valence-corrected chi connectivity index (χ4v) is 1.64. The normalized spacial score (nSPS) is 15.4. The second-order valence-corrected chi connectivity index (χ2v) is 3.90. The number of ketones is 1. The molecular formula is C13H20O. The molecule has 0 amide bonds. The molecule has 1 heteroatoms. The zero-order chi connectivity index (χ0) is 10.2. The van der Waals surface area contributed by atoms with Crippen molar-refractivity contribution in [3.63, 3.8) is 0 Å². The molecule has 1 aliphatic carbocycles. The molecule has 0 heterocycles. The summed E-state index contributed by atoms with van der Waals surface area (Å²) in [5, 5.41) is 0. The van der Waals surface area contributed by atoms with Crippen LogP contribution >= 0.6 is 0 Å². The summed E-state index contributed by atoms with van der Waals surface area (Å²) in [5.41, 5.74) is 1.35. The fraction of sp³-hybridized carbons (Fsp3) is 0.615. The van der Waals surface area contributed by atoms with E-state index in [1.807, 2.05) is 0 Å². The molecular weight excluding hydrogens is 172 g/mol. The van der Waals surface area contributed by atoms with Crippen LogP contribution in [0.1, 0.15) is 51.9 Å². The summed E-state index contributed by atoms with van der Waals surface area (Å²) in [4.78, 5) is 11.4. The molecule has 0 spiro atoms. The molecule has 0 unspecified atom stereocenters. The highest BCUT2D eigenvalue weighted by atomic mass is 16.1. The Morgan fingerprint density at radius 1 is 1.36 bits per heavy atom. The van der Waals surface area contributed by atoms with Crippen LogP contribution < -0.4 is 0 Å². The van der Waals surface area contributed by atoms with E-state index in [0.717, 1.165) is 44.9 Å². The fourth-order valence-electron chi connectivity index (χ4n) is 1.64. The van der Waals surface area contributed by atoms with Crippen LogP contribution in [-0.2, 0) is 4.79 Å². The third kappa shape index (κ3) is 4.40. The van der Waals surface area contributed by atoms with Gasteiger partial charge in [0.25, 0.3) is 0 Å². The monoisotopic (exact) mass is 192 g/mol. The zero-order valence-electron chi connectivity index (χ0n) is 9.09. The Morgan fingerprint density at radius 2 is 2.21 bits per heavy atom. The minimum absolute atomic E-state index is 0.423. The van der Waals surface area contributed by atoms with Crippen molar-refractivity contribution in [2.45, 2.75) is 51.9 Å². The first-order chi connectivity index (χ1) is 6.83. The number of hydrogen-bond donors (Lipinski definition) is 0. The molecule has 0 aliphatic heterocycles. The number of rotatable bonds is 6. The summed E-state index contributed by atoms with van der Waals surface area (Å²) in [6.07, 6.45) is 13.5. The van der Waals surface area contributed by atoms with Gasteiger partial charge in [-0.25, -0.2) is 0 Å². The Kier molecular flexibility index (Phi) is 5.28. The lowest BCUT2D eigenvalue weighted by Crippen LogP contribution is -1.98. The molecule has 78 valence electrons. The molecule has 0 bridgehead atoms. The molecule has 0 aromatic carbocycles. The number of unbranched alkanes of at least 4 members (excludes halogenated alkanes) is 1. The van der Waals surface area contributed by atoms with Gasteiger partial charge in [0.1, 0.15) is 5.78 Å². The quantitative estimate of drug-likeness (QED) is 0.625. The molecule has 0 aromatic rings. The SMILES string of the molecule is CCCCC(=O)CCC1=CCCC=C1. The van der Waals surface area contributed by atoms with Crippen molar-refractivity contribution in [3.05, 3.63) is 23.8 Å². The minimum atomic E-state index is 0.423. The number of carbonyl (C=O) groups is 1. The van der Waals surface area contributed by atoms with E-state index in [0.29, 0.717) is 5.78 Å². The lowest BCUT2D eigenvalue weighted by Gasteiger charge is -2.05. The van der Waals surface area contributed by atoms with E-state index >= 15 is 0 Å². The van der Waals surface area contributed by atoms with Gasteiger partial charge in [0.2, 0.25) is 0 Å². The number of carbonyl (C=O) groups excluding carboxylic acids is 1. The van der Waals surface area contributed by atoms with Crippen molar-refractivity contribution in [3.8, 4) is 0 Å². The van der Waals surface area contributed by atoms with E-state index < -0.39 is 0 Å². The molecule has 0 fully saturated rings. The molecule has 0 saturated heterocycles. The molecule has 1 nitrogen and oxygen atoms in total. The van der Waals surface area contributed by atoms with Gasteiger partial charge in [-0.15, -0.1) is 0 Å². The van der Waals surface area contributed by atoms with Crippen LogP contribution in [-0.4, -0.2) is 5.78 Å². The lowest BCUT2D eigenvalue weighted by atomic mass is 10.00. The summed E-state index contributed by atoms with van der Waals surface area (Å²) in [5.74, 6) is 0.423. The molecule has 0 saturated carbocycles. The van der Waals surface area contributed by atoms with Crippen LogP contribution in [0.3, 0.4) is 0 Å². The Hall–Kier alpha value is -0.850. The van der Waals surface area contributed by atoms with Crippen molar-refractivity contribution in [1.82, 2.24) is 0 Å². The second-order valence-electron chi connectivity index (χ2n) is 3.90. The van der Waals surface area contributed by atoms with Gasteiger partial charge in [0.05, 0.1) is 0 Å². The van der Waals surface area contributed by atoms with Crippen molar-refractivity contribution in [2.75, 3.05) is 0 Å². The van der Waals surface area contributed by atoms with Gasteiger partial charge in [-0.1, -0.05) is 37.1 Å². The lowest BCUT2D eigenvalue weighted by molar-refractivity contribution is -0.119. The van der Waals surface area contributed by atoms with Crippen LogP contribution in [0.5, 0.6) is 0 Å². The second kappa shape index (κ2) is 6.58. The molecule has 0 N–H and O–H groups in total. The summed E-state index contributed by atoms with van der Waals surface area (Å²) >= 11 is 0. The average molecular weight is 192 g/mol. The Balaban J connectivity index is 2.16. The van der Waals surface area contributed by atoms with Gasteiger partial charge < -0.3 is 0 Å². The first kappa shape index (κ1) is 11.2. The minimum Gasteiger partial charge on any atom is -0.300 e. The van der Waals surface area contributed by atoms with Crippen LogP contribution in [0, 0.1) is 0 Å². The van der Waals surface area contributed by atoms with E-state index in [1.54, 1.807) is 0 Å². The summed E-state index contributed by atoms with van der Waals surface area (Å²) in [6.45, 7) is 2.12. The van der Waals surface area contributed by atoms with Crippen molar-refractivity contribution in [2.24, 2.45) is 0 Å². The summed E-state index contributed by atoms with van der Waals surface area (Å²) < 4.78 is 0. The highest BCUT2D eigenvalue weighted by Gasteiger charge is 2.03. The molecule has 1 aliphatic rings. The van der Waals surface area contributed by atoms with Gasteiger partial charge in [0, 0.05) is 12.8 Å². The maximum Gasteiger partial charge on any atom is 0.133 e. The maximum atomic E-state index is 11.4. The predicted octanol–water partition coefficient (Wildman–Crippen LogP) is 3.80. The third-order valence-corrected chi connectivity index (χ3v) is 2.57. The van der Waals surface area contributed by atoms with Crippen LogP contribution in [0.25, 0.3) is 0 Å². The molecule has 0 atom stereocenters. The van der Waals surface area contributed by atoms with E-state index in [-0.39, 0.29) is 0 Å². The largest absolute Gasteiger partial charge is 0.300 e. The van der Waals surface area contributed by atoms with Gasteiger partial charge in [0.15, 0.2) is 0 Å². The first-order valence-corrected chi connectivity index (χ1v) is 5.70. The predicted molar refractivity (Wildman–Crippen MR) is 60.2 cm³/mol. The van der Waals surface area contributed by atoms with Gasteiger partial charge in [-0.05, 0) is 25.7 Å². The van der Waals surface area contributed by atoms with Crippen LogP contribution in [0.4, 0.5) is 0 Å². The molecule has 14 heavy (non-hydrogen) atoms. The van der Waals surface area contributed by atoms with E-state index in [9.17, 15) is 4.79 Å². The number of allylic oxidation sites excluding steroid dienone is 4. The number of hydrogen-bond acceptors (Lipinski definition) is 1. The Labute approximate surface area is 86.9 Å². The summed E-state index contributed by atoms with van der Waals surface area (Å²) in [6, 6.07) is 0. The molecule has 0 aromatic heterocycles.